The highest BCUT2D eigenvalue weighted by Gasteiger charge is 2.22. The van der Waals surface area contributed by atoms with Gasteiger partial charge in [-0.15, -0.1) is 0 Å². The Morgan fingerprint density at radius 2 is 1.93 bits per heavy atom. The third kappa shape index (κ3) is 4.40. The van der Waals surface area contributed by atoms with Gasteiger partial charge in [-0.05, 0) is 42.3 Å². The number of aryl methyl sites for hydroxylation is 1. The van der Waals surface area contributed by atoms with Crippen molar-refractivity contribution in [2.24, 2.45) is 0 Å². The number of carbonyl (C=O) groups excluding carboxylic acids is 2. The molecule has 1 aliphatic heterocycles. The molecule has 3 rings (SSSR count). The number of halogens is 2. The molecule has 2 N–H and O–H groups in total. The molecule has 0 aliphatic carbocycles. The van der Waals surface area contributed by atoms with E-state index in [0.717, 1.165) is 17.7 Å². The van der Waals surface area contributed by atoms with Crippen molar-refractivity contribution < 1.29 is 31.5 Å². The number of benzene rings is 2. The molecule has 0 bridgehead atoms. The van der Waals surface area contributed by atoms with E-state index >= 15 is 0 Å². The number of amides is 2. The van der Waals surface area contributed by atoms with Crippen LogP contribution in [0.25, 0.3) is 0 Å². The third-order valence-electron chi connectivity index (χ3n) is 3.77. The van der Waals surface area contributed by atoms with Crippen LogP contribution in [0.3, 0.4) is 0 Å². The summed E-state index contributed by atoms with van der Waals surface area (Å²) < 4.78 is 57.4. The van der Waals surface area contributed by atoms with E-state index in [1.165, 1.54) is 6.07 Å². The van der Waals surface area contributed by atoms with E-state index in [1.807, 2.05) is 0 Å². The van der Waals surface area contributed by atoms with E-state index in [1.54, 1.807) is 16.9 Å². The topological polar surface area (TPSA) is 102 Å². The highest BCUT2D eigenvalue weighted by molar-refractivity contribution is 7.90. The van der Waals surface area contributed by atoms with Gasteiger partial charge in [-0.25, -0.2) is 21.9 Å². The van der Waals surface area contributed by atoms with Crippen LogP contribution in [0, 0.1) is 11.6 Å². The number of ether oxygens (including phenoxy) is 1. The van der Waals surface area contributed by atoms with Crippen molar-refractivity contribution in [1.82, 2.24) is 4.72 Å². The maximum absolute atomic E-state index is 13.6. The second-order valence-electron chi connectivity index (χ2n) is 5.76. The van der Waals surface area contributed by atoms with Crippen molar-refractivity contribution in [1.29, 1.82) is 0 Å². The van der Waals surface area contributed by atoms with Gasteiger partial charge in [0.15, 0.2) is 6.61 Å². The smallest absolute Gasteiger partial charge is 0.271 e. The molecule has 7 nitrogen and oxygen atoms in total. The maximum atomic E-state index is 13.6. The summed E-state index contributed by atoms with van der Waals surface area (Å²) >= 11 is 0. The van der Waals surface area contributed by atoms with E-state index in [4.69, 9.17) is 4.74 Å². The Kier molecular flexibility index (Phi) is 5.08. The summed E-state index contributed by atoms with van der Waals surface area (Å²) in [6.45, 7) is -0.632. The van der Waals surface area contributed by atoms with Gasteiger partial charge in [-0.2, -0.15) is 0 Å². The molecule has 1 aliphatic rings. The minimum atomic E-state index is -4.50. The van der Waals surface area contributed by atoms with Crippen molar-refractivity contribution in [3.05, 3.63) is 53.6 Å². The zero-order chi connectivity index (χ0) is 19.6. The number of anilines is 1. The standard InChI is InChI=1S/C17H14F2N2O5S/c18-11-2-5-15(13(19)8-11)27(24,25)21-17(23)9-26-12-3-4-14-10(7-12)1-6-16(22)20-14/h2-5,7-8H,1,6,9H2,(H,20,22)(H,21,23). The molecule has 27 heavy (non-hydrogen) atoms. The molecule has 2 amide bonds. The number of carbonyl (C=O) groups is 2. The molecule has 0 saturated carbocycles. The Morgan fingerprint density at radius 3 is 2.67 bits per heavy atom. The average molecular weight is 396 g/mol. The second-order valence-corrected chi connectivity index (χ2v) is 7.41. The lowest BCUT2D eigenvalue weighted by atomic mass is 10.0. The molecule has 2 aromatic rings. The van der Waals surface area contributed by atoms with Crippen molar-refractivity contribution in [2.75, 3.05) is 11.9 Å². The van der Waals surface area contributed by atoms with E-state index < -0.39 is 39.1 Å². The summed E-state index contributed by atoms with van der Waals surface area (Å²) in [5, 5.41) is 2.70. The fourth-order valence-corrected chi connectivity index (χ4v) is 3.56. The Labute approximate surface area is 153 Å². The molecule has 1 heterocycles. The van der Waals surface area contributed by atoms with E-state index in [9.17, 15) is 26.8 Å². The SMILES string of the molecule is O=C1CCc2cc(OCC(=O)NS(=O)(=O)c3ccc(F)cc3F)ccc2N1. The first-order valence-electron chi connectivity index (χ1n) is 7.81. The van der Waals surface area contributed by atoms with Crippen LogP contribution in [-0.2, 0) is 26.0 Å². The minimum Gasteiger partial charge on any atom is -0.484 e. The fraction of sp³-hybridized carbons (Fsp3) is 0.176. The summed E-state index contributed by atoms with van der Waals surface area (Å²) in [5.41, 5.74) is 1.48. The van der Waals surface area contributed by atoms with Gasteiger partial charge in [0, 0.05) is 18.2 Å². The normalized spacial score (nSPS) is 13.5. The number of fused-ring (bicyclic) bond motifs is 1. The van der Waals surface area contributed by atoms with Gasteiger partial charge in [0.2, 0.25) is 5.91 Å². The lowest BCUT2D eigenvalue weighted by Crippen LogP contribution is -2.34. The molecule has 0 unspecified atom stereocenters. The van der Waals surface area contributed by atoms with Crippen LogP contribution in [0.1, 0.15) is 12.0 Å². The van der Waals surface area contributed by atoms with Gasteiger partial charge >= 0.3 is 0 Å². The monoisotopic (exact) mass is 396 g/mol. The number of nitrogens with one attached hydrogen (secondary N) is 2. The Bertz CT molecular complexity index is 1020. The second kappa shape index (κ2) is 7.31. The molecule has 0 spiro atoms. The first kappa shape index (κ1) is 18.8. The zero-order valence-corrected chi connectivity index (χ0v) is 14.6. The molecule has 0 aromatic heterocycles. The van der Waals surface area contributed by atoms with Crippen molar-refractivity contribution in [3.8, 4) is 5.75 Å². The molecule has 142 valence electrons. The minimum absolute atomic E-state index is 0.0891. The molecule has 0 saturated heterocycles. The van der Waals surface area contributed by atoms with E-state index in [-0.39, 0.29) is 5.91 Å². The summed E-state index contributed by atoms with van der Waals surface area (Å²) in [7, 11) is -4.50. The largest absolute Gasteiger partial charge is 0.484 e. The van der Waals surface area contributed by atoms with Gasteiger partial charge in [0.25, 0.3) is 15.9 Å². The Morgan fingerprint density at radius 1 is 1.15 bits per heavy atom. The molecule has 0 atom stereocenters. The quantitative estimate of drug-likeness (QED) is 0.802. The van der Waals surface area contributed by atoms with Gasteiger partial charge in [0.1, 0.15) is 22.3 Å². The summed E-state index contributed by atoms with van der Waals surface area (Å²) in [4.78, 5) is 22.3. The molecule has 2 aromatic carbocycles. The lowest BCUT2D eigenvalue weighted by molar-refractivity contribution is -0.121. The number of hydrogen-bond donors (Lipinski definition) is 2. The van der Waals surface area contributed by atoms with Gasteiger partial charge in [-0.1, -0.05) is 0 Å². The molecule has 0 radical (unpaired) electrons. The predicted octanol–water partition coefficient (Wildman–Crippen LogP) is 1.73. The fourth-order valence-electron chi connectivity index (χ4n) is 2.53. The predicted molar refractivity (Wildman–Crippen MR) is 90.6 cm³/mol. The highest BCUT2D eigenvalue weighted by atomic mass is 32.2. The van der Waals surface area contributed by atoms with Crippen LogP contribution in [0.2, 0.25) is 0 Å². The lowest BCUT2D eigenvalue weighted by Gasteiger charge is -2.17. The molecule has 10 heteroatoms. The molecule has 0 fully saturated rings. The first-order valence-corrected chi connectivity index (χ1v) is 9.29. The summed E-state index contributed by atoms with van der Waals surface area (Å²) in [6, 6.07) is 6.66. The van der Waals surface area contributed by atoms with Crippen LogP contribution in [0.5, 0.6) is 5.75 Å². The van der Waals surface area contributed by atoms with Crippen molar-refractivity contribution in [2.45, 2.75) is 17.7 Å². The summed E-state index contributed by atoms with van der Waals surface area (Å²) in [5.74, 6) is -3.05. The van der Waals surface area contributed by atoms with Crippen LogP contribution in [0.15, 0.2) is 41.3 Å². The van der Waals surface area contributed by atoms with E-state index in [2.05, 4.69) is 5.32 Å². The third-order valence-corrected chi connectivity index (χ3v) is 5.18. The zero-order valence-electron chi connectivity index (χ0n) is 13.8. The first-order chi connectivity index (χ1) is 12.7. The van der Waals surface area contributed by atoms with Gasteiger partial charge in [0.05, 0.1) is 0 Å². The maximum Gasteiger partial charge on any atom is 0.271 e. The Balaban J connectivity index is 1.63. The van der Waals surface area contributed by atoms with Crippen LogP contribution < -0.4 is 14.8 Å². The Hall–Kier alpha value is -3.01. The van der Waals surface area contributed by atoms with Gasteiger partial charge < -0.3 is 10.1 Å². The van der Waals surface area contributed by atoms with Crippen molar-refractivity contribution >= 4 is 27.5 Å². The number of rotatable bonds is 5. The van der Waals surface area contributed by atoms with Crippen molar-refractivity contribution in [3.63, 3.8) is 0 Å². The van der Waals surface area contributed by atoms with Crippen LogP contribution >= 0.6 is 0 Å². The molecular formula is C17H14F2N2O5S. The van der Waals surface area contributed by atoms with Crippen LogP contribution in [0.4, 0.5) is 14.5 Å². The molecular weight excluding hydrogens is 382 g/mol. The number of sulfonamides is 1. The summed E-state index contributed by atoms with van der Waals surface area (Å²) in [6.07, 6.45) is 0.848. The number of hydrogen-bond acceptors (Lipinski definition) is 5. The highest BCUT2D eigenvalue weighted by Crippen LogP contribution is 2.26. The van der Waals surface area contributed by atoms with Crippen LogP contribution in [-0.4, -0.2) is 26.8 Å². The average Bonchev–Trinajstić information content (AvgIpc) is 2.59. The van der Waals surface area contributed by atoms with E-state index in [0.29, 0.717) is 30.3 Å². The van der Waals surface area contributed by atoms with Gasteiger partial charge in [-0.3, -0.25) is 9.59 Å².